The van der Waals surface area contributed by atoms with Crippen LogP contribution in [0.5, 0.6) is 0 Å². The monoisotopic (exact) mass is 210 g/mol. The first kappa shape index (κ1) is 10.9. The molecule has 0 aromatic heterocycles. The minimum atomic E-state index is -3.38. The summed E-state index contributed by atoms with van der Waals surface area (Å²) in [7, 11) is -3.38. The molecule has 6 heteroatoms. The Morgan fingerprint density at radius 2 is 2.08 bits per heavy atom. The van der Waals surface area contributed by atoms with Gasteiger partial charge in [0.25, 0.3) is 10.1 Å². The SMILES string of the molecule is CS(=O)(=O)OCC1CCC(CO)O1. The van der Waals surface area contributed by atoms with E-state index in [9.17, 15) is 8.42 Å². The van der Waals surface area contributed by atoms with E-state index in [0.29, 0.717) is 0 Å². The summed E-state index contributed by atoms with van der Waals surface area (Å²) in [4.78, 5) is 0. The molecular weight excluding hydrogens is 196 g/mol. The molecule has 0 aromatic carbocycles. The second kappa shape index (κ2) is 4.36. The first-order chi connectivity index (χ1) is 6.01. The fraction of sp³-hybridized carbons (Fsp3) is 1.00. The highest BCUT2D eigenvalue weighted by molar-refractivity contribution is 7.85. The third-order valence-corrected chi connectivity index (χ3v) is 2.43. The van der Waals surface area contributed by atoms with Crippen LogP contribution < -0.4 is 0 Å². The van der Waals surface area contributed by atoms with Gasteiger partial charge in [-0.3, -0.25) is 4.18 Å². The summed E-state index contributed by atoms with van der Waals surface area (Å²) in [6.07, 6.45) is 2.14. The largest absolute Gasteiger partial charge is 0.394 e. The van der Waals surface area contributed by atoms with Gasteiger partial charge in [-0.15, -0.1) is 0 Å². The smallest absolute Gasteiger partial charge is 0.264 e. The van der Waals surface area contributed by atoms with Crippen LogP contribution in [0.2, 0.25) is 0 Å². The van der Waals surface area contributed by atoms with E-state index in [1.54, 1.807) is 0 Å². The van der Waals surface area contributed by atoms with Crippen molar-refractivity contribution in [3.8, 4) is 0 Å². The Bertz CT molecular complexity index is 248. The number of hydrogen-bond acceptors (Lipinski definition) is 5. The molecule has 0 saturated carbocycles. The van der Waals surface area contributed by atoms with Gasteiger partial charge >= 0.3 is 0 Å². The van der Waals surface area contributed by atoms with Crippen LogP contribution in [0.15, 0.2) is 0 Å². The molecule has 1 fully saturated rings. The minimum absolute atomic E-state index is 0.0185. The van der Waals surface area contributed by atoms with Crippen molar-refractivity contribution in [1.82, 2.24) is 0 Å². The van der Waals surface area contributed by atoms with Gasteiger partial charge in [-0.2, -0.15) is 8.42 Å². The highest BCUT2D eigenvalue weighted by Crippen LogP contribution is 2.19. The van der Waals surface area contributed by atoms with E-state index < -0.39 is 10.1 Å². The molecule has 2 atom stereocenters. The quantitative estimate of drug-likeness (QED) is 0.633. The van der Waals surface area contributed by atoms with Crippen LogP contribution in [-0.4, -0.2) is 45.2 Å². The number of ether oxygens (including phenoxy) is 1. The number of rotatable bonds is 4. The normalized spacial score (nSPS) is 29.4. The molecule has 1 rings (SSSR count). The molecule has 0 radical (unpaired) electrons. The Morgan fingerprint density at radius 1 is 1.46 bits per heavy atom. The van der Waals surface area contributed by atoms with Crippen molar-refractivity contribution in [2.75, 3.05) is 19.5 Å². The third kappa shape index (κ3) is 4.04. The summed E-state index contributed by atoms with van der Waals surface area (Å²) in [6, 6.07) is 0. The fourth-order valence-electron chi connectivity index (χ4n) is 1.24. The molecule has 0 amide bonds. The second-order valence-corrected chi connectivity index (χ2v) is 4.77. The van der Waals surface area contributed by atoms with Crippen molar-refractivity contribution in [2.24, 2.45) is 0 Å². The van der Waals surface area contributed by atoms with E-state index in [1.165, 1.54) is 0 Å². The van der Waals surface area contributed by atoms with E-state index in [4.69, 9.17) is 9.84 Å². The van der Waals surface area contributed by atoms with Crippen LogP contribution in [0.3, 0.4) is 0 Å². The Labute approximate surface area is 77.8 Å². The fourth-order valence-corrected chi connectivity index (χ4v) is 1.64. The molecule has 78 valence electrons. The summed E-state index contributed by atoms with van der Waals surface area (Å²) < 4.78 is 31.1. The minimum Gasteiger partial charge on any atom is -0.394 e. The molecule has 1 aliphatic rings. The lowest BCUT2D eigenvalue weighted by molar-refractivity contribution is -0.00609. The van der Waals surface area contributed by atoms with Gasteiger partial charge in [-0.1, -0.05) is 0 Å². The molecule has 1 saturated heterocycles. The molecular formula is C7H14O5S. The Kier molecular flexibility index (Phi) is 3.66. The Hall–Kier alpha value is -0.170. The number of hydrogen-bond donors (Lipinski definition) is 1. The van der Waals surface area contributed by atoms with Gasteiger partial charge in [0.2, 0.25) is 0 Å². The highest BCUT2D eigenvalue weighted by Gasteiger charge is 2.25. The molecule has 0 aliphatic carbocycles. The maximum absolute atomic E-state index is 10.6. The maximum Gasteiger partial charge on any atom is 0.264 e. The zero-order chi connectivity index (χ0) is 9.90. The van der Waals surface area contributed by atoms with Crippen LogP contribution in [-0.2, 0) is 19.0 Å². The van der Waals surface area contributed by atoms with E-state index >= 15 is 0 Å². The maximum atomic E-state index is 10.6. The standard InChI is InChI=1S/C7H14O5S/c1-13(9,10)11-5-7-3-2-6(4-8)12-7/h6-8H,2-5H2,1H3. The molecule has 13 heavy (non-hydrogen) atoms. The first-order valence-corrected chi connectivity index (χ1v) is 5.93. The zero-order valence-corrected chi connectivity index (χ0v) is 8.29. The predicted octanol–water partition coefficient (Wildman–Crippen LogP) is -0.498. The third-order valence-electron chi connectivity index (χ3n) is 1.87. The van der Waals surface area contributed by atoms with E-state index in [0.717, 1.165) is 19.1 Å². The van der Waals surface area contributed by atoms with Gasteiger partial charge in [0.05, 0.1) is 31.7 Å². The van der Waals surface area contributed by atoms with Crippen molar-refractivity contribution in [3.63, 3.8) is 0 Å². The lowest BCUT2D eigenvalue weighted by atomic mass is 10.2. The molecule has 0 spiro atoms. The Balaban J connectivity index is 2.25. The lowest BCUT2D eigenvalue weighted by Gasteiger charge is -2.10. The number of aliphatic hydroxyl groups excluding tert-OH is 1. The van der Waals surface area contributed by atoms with E-state index in [2.05, 4.69) is 4.18 Å². The van der Waals surface area contributed by atoms with Gasteiger partial charge in [0.15, 0.2) is 0 Å². The molecule has 1 N–H and O–H groups in total. The van der Waals surface area contributed by atoms with Crippen LogP contribution in [0.25, 0.3) is 0 Å². The molecule has 1 heterocycles. The Morgan fingerprint density at radius 3 is 2.54 bits per heavy atom. The van der Waals surface area contributed by atoms with Gasteiger partial charge in [-0.05, 0) is 12.8 Å². The van der Waals surface area contributed by atoms with Crippen LogP contribution in [0.1, 0.15) is 12.8 Å². The molecule has 2 unspecified atom stereocenters. The van der Waals surface area contributed by atoms with Gasteiger partial charge in [-0.25, -0.2) is 0 Å². The number of aliphatic hydroxyl groups is 1. The summed E-state index contributed by atoms with van der Waals surface area (Å²) in [5.74, 6) is 0. The first-order valence-electron chi connectivity index (χ1n) is 4.12. The van der Waals surface area contributed by atoms with Gasteiger partial charge in [0, 0.05) is 0 Å². The van der Waals surface area contributed by atoms with Gasteiger partial charge < -0.3 is 9.84 Å². The zero-order valence-electron chi connectivity index (χ0n) is 7.47. The average molecular weight is 210 g/mol. The van der Waals surface area contributed by atoms with Crippen molar-refractivity contribution in [3.05, 3.63) is 0 Å². The van der Waals surface area contributed by atoms with Crippen molar-refractivity contribution in [2.45, 2.75) is 25.0 Å². The van der Waals surface area contributed by atoms with Gasteiger partial charge in [0.1, 0.15) is 0 Å². The predicted molar refractivity (Wildman–Crippen MR) is 45.8 cm³/mol. The van der Waals surface area contributed by atoms with Crippen LogP contribution in [0.4, 0.5) is 0 Å². The van der Waals surface area contributed by atoms with Crippen LogP contribution in [0, 0.1) is 0 Å². The summed E-state index contributed by atoms with van der Waals surface area (Å²) >= 11 is 0. The van der Waals surface area contributed by atoms with Crippen LogP contribution >= 0.6 is 0 Å². The van der Waals surface area contributed by atoms with Crippen molar-refractivity contribution in [1.29, 1.82) is 0 Å². The highest BCUT2D eigenvalue weighted by atomic mass is 32.2. The second-order valence-electron chi connectivity index (χ2n) is 3.13. The lowest BCUT2D eigenvalue weighted by Crippen LogP contribution is -2.20. The summed E-state index contributed by atoms with van der Waals surface area (Å²) in [5.41, 5.74) is 0. The molecule has 0 bridgehead atoms. The summed E-state index contributed by atoms with van der Waals surface area (Å²) in [5, 5.41) is 8.73. The van der Waals surface area contributed by atoms with E-state index in [1.807, 2.05) is 0 Å². The average Bonchev–Trinajstić information content (AvgIpc) is 2.47. The molecule has 0 aromatic rings. The summed E-state index contributed by atoms with van der Waals surface area (Å²) in [6.45, 7) is 0.0324. The van der Waals surface area contributed by atoms with E-state index in [-0.39, 0.29) is 25.4 Å². The molecule has 5 nitrogen and oxygen atoms in total. The van der Waals surface area contributed by atoms with Crippen molar-refractivity contribution >= 4 is 10.1 Å². The topological polar surface area (TPSA) is 72.8 Å². The van der Waals surface area contributed by atoms with Crippen molar-refractivity contribution < 1.29 is 22.4 Å². The molecule has 1 aliphatic heterocycles.